The second-order valence-corrected chi connectivity index (χ2v) is 18.2. The van der Waals surface area contributed by atoms with Gasteiger partial charge in [-0.05, 0) is 99.2 Å². The summed E-state index contributed by atoms with van der Waals surface area (Å²) < 4.78 is 31.2. The molecule has 13 nitrogen and oxygen atoms in total. The van der Waals surface area contributed by atoms with Crippen LogP contribution in [0.3, 0.4) is 0 Å². The molecule has 1 saturated carbocycles. The molecule has 1 saturated heterocycles. The van der Waals surface area contributed by atoms with Crippen LogP contribution in [0.1, 0.15) is 98.9 Å². The minimum Gasteiger partial charge on any atom is -0.492 e. The molecule has 7 unspecified atom stereocenters. The normalized spacial score (nSPS) is 28.6. The van der Waals surface area contributed by atoms with Crippen LogP contribution in [0.25, 0.3) is 11.6 Å². The number of aliphatic hydroxyl groups excluding tert-OH is 2. The number of aliphatic hydroxyl groups is 3. The predicted molar refractivity (Wildman–Crippen MR) is 233 cm³/mol. The van der Waals surface area contributed by atoms with E-state index in [0.29, 0.717) is 73.3 Å². The molecule has 5 aliphatic heterocycles. The van der Waals surface area contributed by atoms with Crippen molar-refractivity contribution in [2.45, 2.75) is 108 Å². The number of methoxy groups -OCH3 is 1. The Balaban J connectivity index is 1.21. The average Bonchev–Trinajstić information content (AvgIpc) is 3.96. The van der Waals surface area contributed by atoms with Crippen LogP contribution >= 0.6 is 0 Å². The molecule has 0 spiro atoms. The van der Waals surface area contributed by atoms with Gasteiger partial charge in [0, 0.05) is 74.6 Å². The molecule has 0 amide bonds. The molecular formula is C50H60N2O11. The van der Waals surface area contributed by atoms with Gasteiger partial charge in [0.2, 0.25) is 5.76 Å². The maximum Gasteiger partial charge on any atom is 0.375 e. The first-order valence-electron chi connectivity index (χ1n) is 23.0. The van der Waals surface area contributed by atoms with Crippen LogP contribution in [0.15, 0.2) is 46.2 Å². The lowest BCUT2D eigenvalue weighted by Crippen LogP contribution is -2.61. The molecule has 2 bridgehead atoms. The van der Waals surface area contributed by atoms with E-state index in [2.05, 4.69) is 47.2 Å². The van der Waals surface area contributed by atoms with Crippen molar-refractivity contribution < 1.29 is 53.4 Å². The number of fused-ring (bicyclic) bond motifs is 8. The molecule has 63 heavy (non-hydrogen) atoms. The fourth-order valence-electron chi connectivity index (χ4n) is 11.8. The standard InChI is InChI=1S/C50H60N2O11/c1-4-40-32-8-6-15-50(58,38(32)14-18-52(40)17-7-19-59-3)42-23-35-45(62-42)37(26-55)47-44-43(36(25-54)48(63-47)49(57)60-5-2)31-11-12-41(56)34(21-31)33-20-30-13-16-51-39(30)22-29(33)10-9-28(24-53)27-61-46(35)44/h6,8,13,20,22,25,28,32,34,38,40,42,53,55,58H,4-5,7,9-12,14-19,21,23-24,26-27H2,1-3H3. The van der Waals surface area contributed by atoms with Crippen molar-refractivity contribution in [1.29, 1.82) is 0 Å². The van der Waals surface area contributed by atoms with Crippen molar-refractivity contribution in [3.63, 3.8) is 0 Å². The maximum absolute atomic E-state index is 14.1. The largest absolute Gasteiger partial charge is 0.492 e. The van der Waals surface area contributed by atoms with Crippen LogP contribution in [0, 0.1) is 17.8 Å². The monoisotopic (exact) mass is 864 g/mol. The van der Waals surface area contributed by atoms with Crippen LogP contribution < -0.4 is 24.8 Å². The van der Waals surface area contributed by atoms with E-state index in [-0.39, 0.29) is 91.3 Å². The number of allylic oxidation sites excluding steroid dienone is 3. The fraction of sp³-hybridized carbons (Fsp3) is 0.560. The quantitative estimate of drug-likeness (QED) is 0.129. The lowest BCUT2D eigenvalue weighted by atomic mass is 9.63. The molecule has 3 N–H and O–H groups in total. The summed E-state index contributed by atoms with van der Waals surface area (Å²) in [6.07, 6.45) is 11.4. The van der Waals surface area contributed by atoms with Gasteiger partial charge in [-0.15, -0.1) is 0 Å². The molecule has 7 aliphatic rings. The van der Waals surface area contributed by atoms with Crippen molar-refractivity contribution >= 4 is 29.7 Å². The van der Waals surface area contributed by atoms with Crippen molar-refractivity contribution in [3.05, 3.63) is 79.6 Å². The second kappa shape index (κ2) is 18.1. The number of carbonyl (C=O) groups is 3. The molecule has 2 aromatic carbocycles. The van der Waals surface area contributed by atoms with Crippen LogP contribution in [0.4, 0.5) is 0 Å². The number of esters is 1. The van der Waals surface area contributed by atoms with Crippen molar-refractivity contribution in [2.24, 2.45) is 22.7 Å². The Morgan fingerprint density at radius 2 is 1.95 bits per heavy atom. The van der Waals surface area contributed by atoms with E-state index in [0.717, 1.165) is 59.6 Å². The van der Waals surface area contributed by atoms with Gasteiger partial charge in [-0.2, -0.15) is 0 Å². The number of hydrogen-bond donors (Lipinski definition) is 3. The molecule has 0 radical (unpaired) electrons. The van der Waals surface area contributed by atoms with Gasteiger partial charge in [-0.25, -0.2) is 4.79 Å². The molecule has 2 aliphatic carbocycles. The summed E-state index contributed by atoms with van der Waals surface area (Å²) in [6, 6.07) is 4.37. The number of likely N-dealkylation sites (tertiary alicyclic amines) is 1. The third-order valence-corrected chi connectivity index (χ3v) is 14.9. The lowest BCUT2D eigenvalue weighted by Gasteiger charge is -2.53. The first-order chi connectivity index (χ1) is 30.7. The number of Topliss-reactive ketones (excluding diaryl/α,β-unsaturated/α-hetero) is 1. The number of rotatable bonds is 11. The van der Waals surface area contributed by atoms with E-state index >= 15 is 0 Å². The molecular weight excluding hydrogens is 805 g/mol. The van der Waals surface area contributed by atoms with Gasteiger partial charge in [0.05, 0.1) is 48.4 Å². The van der Waals surface area contributed by atoms with Crippen LogP contribution in [-0.4, -0.2) is 109 Å². The Kier molecular flexibility index (Phi) is 12.5. The van der Waals surface area contributed by atoms with Gasteiger partial charge in [0.15, 0.2) is 6.29 Å². The van der Waals surface area contributed by atoms with E-state index < -0.39 is 30.2 Å². The number of hydrogen-bond acceptors (Lipinski definition) is 13. The highest BCUT2D eigenvalue weighted by Gasteiger charge is 2.55. The summed E-state index contributed by atoms with van der Waals surface area (Å²) in [5.41, 5.74) is 3.04. The van der Waals surface area contributed by atoms with Crippen LogP contribution in [0.2, 0.25) is 0 Å². The van der Waals surface area contributed by atoms with Gasteiger partial charge in [-0.1, -0.05) is 30.7 Å². The van der Waals surface area contributed by atoms with Gasteiger partial charge in [0.1, 0.15) is 34.7 Å². The molecule has 336 valence electrons. The Bertz CT molecular complexity index is 2400. The number of carbonyl (C=O) groups excluding carboxylic acids is 3. The summed E-state index contributed by atoms with van der Waals surface area (Å²) in [4.78, 5) is 48.6. The maximum atomic E-state index is 14.1. The Morgan fingerprint density at radius 3 is 2.71 bits per heavy atom. The summed E-state index contributed by atoms with van der Waals surface area (Å²) in [5, 5.41) is 37.1. The minimum absolute atomic E-state index is 0.0231. The van der Waals surface area contributed by atoms with E-state index in [1.807, 2.05) is 0 Å². The predicted octanol–water partition coefficient (Wildman–Crippen LogP) is 3.97. The van der Waals surface area contributed by atoms with E-state index in [9.17, 15) is 29.7 Å². The van der Waals surface area contributed by atoms with E-state index in [4.69, 9.17) is 23.7 Å². The SMILES string of the molecule is CCOC(=O)C1=C(C=O)C2=C3CCC(=O)C(C3)c3cc4c(cc3CCC(CO)COc3c5c(c(CO)c(c32)O1)OC(C1(O)CC=CC2C(CC)N(CCCOC)CCC21)C5)=NCC=4. The summed E-state index contributed by atoms with van der Waals surface area (Å²) in [7, 11) is 1.72. The second-order valence-electron chi connectivity index (χ2n) is 18.2. The number of nitrogens with zero attached hydrogens (tertiary/aromatic N) is 2. The first-order valence-corrected chi connectivity index (χ1v) is 23.0. The topological polar surface area (TPSA) is 174 Å². The van der Waals surface area contributed by atoms with Crippen molar-refractivity contribution in [1.82, 2.24) is 4.90 Å². The van der Waals surface area contributed by atoms with E-state index in [1.54, 1.807) is 14.0 Å². The third kappa shape index (κ3) is 7.57. The molecule has 2 fully saturated rings. The number of piperidine rings is 1. The number of benzene rings is 2. The molecule has 9 rings (SSSR count). The highest BCUT2D eigenvalue weighted by atomic mass is 16.6. The molecule has 5 heterocycles. The highest BCUT2D eigenvalue weighted by Crippen LogP contribution is 2.58. The lowest BCUT2D eigenvalue weighted by molar-refractivity contribution is -0.141. The van der Waals surface area contributed by atoms with Gasteiger partial charge >= 0.3 is 5.97 Å². The number of ether oxygens (including phenoxy) is 5. The number of ketones is 1. The smallest absolute Gasteiger partial charge is 0.375 e. The average molecular weight is 865 g/mol. The van der Waals surface area contributed by atoms with Gasteiger partial charge in [0.25, 0.3) is 0 Å². The zero-order chi connectivity index (χ0) is 44.0. The Morgan fingerprint density at radius 1 is 1.10 bits per heavy atom. The van der Waals surface area contributed by atoms with E-state index in [1.165, 1.54) is 0 Å². The number of aldehydes is 1. The summed E-state index contributed by atoms with van der Waals surface area (Å²) >= 11 is 0. The van der Waals surface area contributed by atoms with Crippen molar-refractivity contribution in [3.8, 4) is 17.2 Å². The Labute approximate surface area is 368 Å². The summed E-state index contributed by atoms with van der Waals surface area (Å²) in [6.45, 7) is 6.24. The molecule has 2 aromatic rings. The zero-order valence-electron chi connectivity index (χ0n) is 36.7. The molecule has 13 heteroatoms. The van der Waals surface area contributed by atoms with Crippen molar-refractivity contribution in [2.75, 3.05) is 53.2 Å². The van der Waals surface area contributed by atoms with Gasteiger partial charge < -0.3 is 39.0 Å². The zero-order valence-corrected chi connectivity index (χ0v) is 36.7. The highest BCUT2D eigenvalue weighted by molar-refractivity contribution is 6.11. The van der Waals surface area contributed by atoms with Crippen LogP contribution in [-0.2, 0) is 43.3 Å². The fourth-order valence-corrected chi connectivity index (χ4v) is 11.8. The Hall–Kier alpha value is -4.66. The third-order valence-electron chi connectivity index (χ3n) is 14.9. The summed E-state index contributed by atoms with van der Waals surface area (Å²) in [5.74, 6) is -1.22. The molecule has 0 aromatic heterocycles. The van der Waals surface area contributed by atoms with Crippen LogP contribution in [0.5, 0.6) is 17.2 Å². The first kappa shape index (κ1) is 43.6. The van der Waals surface area contributed by atoms with Gasteiger partial charge in [-0.3, -0.25) is 19.5 Å². The minimum atomic E-state index is -1.28. The number of aryl methyl sites for hydroxylation is 1. The molecule has 7 atom stereocenters.